The lowest BCUT2D eigenvalue weighted by Crippen LogP contribution is -2.53. The van der Waals surface area contributed by atoms with Crippen molar-refractivity contribution in [3.8, 4) is 0 Å². The van der Waals surface area contributed by atoms with Gasteiger partial charge in [0.05, 0.1) is 11.3 Å². The largest absolute Gasteiger partial charge is 0.381 e. The van der Waals surface area contributed by atoms with Gasteiger partial charge in [-0.05, 0) is 24.3 Å². The molecule has 2 saturated heterocycles. The van der Waals surface area contributed by atoms with Crippen LogP contribution in [0.5, 0.6) is 0 Å². The van der Waals surface area contributed by atoms with Gasteiger partial charge in [0.25, 0.3) is 5.91 Å². The molecular formula is C15H21N3O2. The van der Waals surface area contributed by atoms with Gasteiger partial charge in [0, 0.05) is 52.8 Å². The number of ether oxygens (including phenoxy) is 1. The van der Waals surface area contributed by atoms with Crippen molar-refractivity contribution in [3.63, 3.8) is 0 Å². The van der Waals surface area contributed by atoms with Gasteiger partial charge in [-0.1, -0.05) is 0 Å². The number of amides is 1. The predicted octanol–water partition coefficient (Wildman–Crippen LogP) is 1.26. The van der Waals surface area contributed by atoms with E-state index in [0.29, 0.717) is 17.4 Å². The smallest absolute Gasteiger partial charge is 0.257 e. The third-order valence-electron chi connectivity index (χ3n) is 4.34. The lowest BCUT2D eigenvalue weighted by atomic mass is 9.85. The van der Waals surface area contributed by atoms with E-state index >= 15 is 0 Å². The van der Waals surface area contributed by atoms with E-state index in [1.165, 1.54) is 0 Å². The van der Waals surface area contributed by atoms with Crippen LogP contribution in [0.2, 0.25) is 0 Å². The molecule has 1 amide bonds. The first-order valence-electron chi connectivity index (χ1n) is 7.15. The molecule has 1 aromatic heterocycles. The van der Waals surface area contributed by atoms with Crippen molar-refractivity contribution >= 4 is 11.6 Å². The minimum absolute atomic E-state index is 0.0944. The Kier molecular flexibility index (Phi) is 3.61. The Bertz CT molecular complexity index is 492. The average Bonchev–Trinajstić information content (AvgIpc) is 2.90. The number of anilines is 1. The first-order valence-corrected chi connectivity index (χ1v) is 7.15. The van der Waals surface area contributed by atoms with Crippen LogP contribution < -0.4 is 4.90 Å². The lowest BCUT2D eigenvalue weighted by molar-refractivity contribution is 0.0342. The number of likely N-dealkylation sites (tertiary alicyclic amines) is 1. The Hall–Kier alpha value is -1.62. The Labute approximate surface area is 119 Å². The summed E-state index contributed by atoms with van der Waals surface area (Å²) in [5.74, 6) is 1.35. The van der Waals surface area contributed by atoms with Gasteiger partial charge < -0.3 is 14.5 Å². The molecule has 1 unspecified atom stereocenters. The molecule has 3 rings (SSSR count). The van der Waals surface area contributed by atoms with Crippen molar-refractivity contribution in [2.45, 2.75) is 6.42 Å². The highest BCUT2D eigenvalue weighted by molar-refractivity contribution is 5.99. The number of rotatable bonds is 3. The van der Waals surface area contributed by atoms with Crippen LogP contribution in [0.15, 0.2) is 18.5 Å². The SMILES string of the molecule is CN(C)c1ccncc1C(=O)N1CC(C2CCOC2)C1. The molecule has 0 saturated carbocycles. The molecule has 1 aromatic rings. The second-order valence-electron chi connectivity index (χ2n) is 5.88. The minimum Gasteiger partial charge on any atom is -0.381 e. The number of carbonyl (C=O) groups is 1. The van der Waals surface area contributed by atoms with E-state index in [1.54, 1.807) is 12.4 Å². The topological polar surface area (TPSA) is 45.7 Å². The van der Waals surface area contributed by atoms with Crippen LogP contribution in [0.25, 0.3) is 0 Å². The first-order chi connectivity index (χ1) is 9.66. The molecule has 0 aromatic carbocycles. The van der Waals surface area contributed by atoms with Crippen molar-refractivity contribution in [1.82, 2.24) is 9.88 Å². The maximum absolute atomic E-state index is 12.5. The maximum Gasteiger partial charge on any atom is 0.257 e. The van der Waals surface area contributed by atoms with Gasteiger partial charge in [-0.25, -0.2) is 0 Å². The molecule has 0 radical (unpaired) electrons. The van der Waals surface area contributed by atoms with Crippen molar-refractivity contribution in [1.29, 1.82) is 0 Å². The van der Waals surface area contributed by atoms with Gasteiger partial charge in [0.2, 0.25) is 0 Å². The summed E-state index contributed by atoms with van der Waals surface area (Å²) in [5, 5.41) is 0. The fourth-order valence-corrected chi connectivity index (χ4v) is 3.01. The van der Waals surface area contributed by atoms with E-state index in [0.717, 1.165) is 38.4 Å². The van der Waals surface area contributed by atoms with Crippen LogP contribution in [0, 0.1) is 11.8 Å². The number of carbonyl (C=O) groups excluding carboxylic acids is 1. The zero-order chi connectivity index (χ0) is 14.1. The highest BCUT2D eigenvalue weighted by Crippen LogP contribution is 2.31. The Balaban J connectivity index is 1.66. The molecule has 108 valence electrons. The van der Waals surface area contributed by atoms with E-state index in [-0.39, 0.29) is 5.91 Å². The molecule has 20 heavy (non-hydrogen) atoms. The van der Waals surface area contributed by atoms with Crippen molar-refractivity contribution < 1.29 is 9.53 Å². The summed E-state index contributed by atoms with van der Waals surface area (Å²) < 4.78 is 5.42. The highest BCUT2D eigenvalue weighted by atomic mass is 16.5. The van der Waals surface area contributed by atoms with E-state index in [9.17, 15) is 4.79 Å². The van der Waals surface area contributed by atoms with Crippen LogP contribution in [0.3, 0.4) is 0 Å². The molecular weight excluding hydrogens is 254 g/mol. The van der Waals surface area contributed by atoms with Crippen LogP contribution >= 0.6 is 0 Å². The Morgan fingerprint density at radius 1 is 1.40 bits per heavy atom. The van der Waals surface area contributed by atoms with E-state index in [4.69, 9.17) is 4.74 Å². The number of aromatic nitrogens is 1. The van der Waals surface area contributed by atoms with Gasteiger partial charge >= 0.3 is 0 Å². The van der Waals surface area contributed by atoms with E-state index in [1.807, 2.05) is 30.0 Å². The average molecular weight is 275 g/mol. The Morgan fingerprint density at radius 3 is 2.85 bits per heavy atom. The molecule has 2 aliphatic rings. The molecule has 3 heterocycles. The molecule has 2 aliphatic heterocycles. The first kappa shape index (κ1) is 13.4. The molecule has 1 atom stereocenters. The molecule has 2 fully saturated rings. The normalized spacial score (nSPS) is 22.7. The van der Waals surface area contributed by atoms with Crippen LogP contribution in [0.1, 0.15) is 16.8 Å². The minimum atomic E-state index is 0.0944. The lowest BCUT2D eigenvalue weighted by Gasteiger charge is -2.42. The van der Waals surface area contributed by atoms with Crippen molar-refractivity contribution in [3.05, 3.63) is 24.0 Å². The van der Waals surface area contributed by atoms with E-state index < -0.39 is 0 Å². The maximum atomic E-state index is 12.5. The quantitative estimate of drug-likeness (QED) is 0.833. The second-order valence-corrected chi connectivity index (χ2v) is 5.88. The van der Waals surface area contributed by atoms with Crippen molar-refractivity contribution in [2.75, 3.05) is 45.3 Å². The molecule has 5 nitrogen and oxygen atoms in total. The summed E-state index contributed by atoms with van der Waals surface area (Å²) in [7, 11) is 3.89. The van der Waals surface area contributed by atoms with E-state index in [2.05, 4.69) is 4.98 Å². The standard InChI is InChI=1S/C15H21N3O2/c1-17(2)14-3-5-16-7-13(14)15(19)18-8-12(9-18)11-4-6-20-10-11/h3,5,7,11-12H,4,6,8-10H2,1-2H3. The van der Waals surface area contributed by atoms with Gasteiger partial charge in [0.1, 0.15) is 0 Å². The van der Waals surface area contributed by atoms with Crippen molar-refractivity contribution in [2.24, 2.45) is 11.8 Å². The summed E-state index contributed by atoms with van der Waals surface area (Å²) in [4.78, 5) is 20.5. The molecule has 0 bridgehead atoms. The molecule has 5 heteroatoms. The molecule has 0 N–H and O–H groups in total. The number of pyridine rings is 1. The third kappa shape index (κ3) is 2.38. The summed E-state index contributed by atoms with van der Waals surface area (Å²) in [5.41, 5.74) is 1.62. The summed E-state index contributed by atoms with van der Waals surface area (Å²) >= 11 is 0. The monoisotopic (exact) mass is 275 g/mol. The number of nitrogens with zero attached hydrogens (tertiary/aromatic N) is 3. The fraction of sp³-hybridized carbons (Fsp3) is 0.600. The van der Waals surface area contributed by atoms with Crippen LogP contribution in [-0.4, -0.2) is 56.2 Å². The number of hydrogen-bond acceptors (Lipinski definition) is 4. The van der Waals surface area contributed by atoms with Gasteiger partial charge in [-0.15, -0.1) is 0 Å². The molecule has 0 aliphatic carbocycles. The van der Waals surface area contributed by atoms with Crippen LogP contribution in [0.4, 0.5) is 5.69 Å². The third-order valence-corrected chi connectivity index (χ3v) is 4.34. The predicted molar refractivity (Wildman–Crippen MR) is 76.9 cm³/mol. The van der Waals surface area contributed by atoms with Crippen LogP contribution in [-0.2, 0) is 4.74 Å². The highest BCUT2D eigenvalue weighted by Gasteiger charge is 2.38. The summed E-state index contributed by atoms with van der Waals surface area (Å²) in [6.45, 7) is 3.45. The summed E-state index contributed by atoms with van der Waals surface area (Å²) in [6.07, 6.45) is 4.53. The zero-order valence-corrected chi connectivity index (χ0v) is 12.1. The summed E-state index contributed by atoms with van der Waals surface area (Å²) in [6, 6.07) is 1.88. The molecule has 0 spiro atoms. The second kappa shape index (κ2) is 5.40. The van der Waals surface area contributed by atoms with Gasteiger partial charge in [0.15, 0.2) is 0 Å². The number of hydrogen-bond donors (Lipinski definition) is 0. The zero-order valence-electron chi connectivity index (χ0n) is 12.1. The van der Waals surface area contributed by atoms with Gasteiger partial charge in [-0.3, -0.25) is 9.78 Å². The fourth-order valence-electron chi connectivity index (χ4n) is 3.01. The van der Waals surface area contributed by atoms with Gasteiger partial charge in [-0.2, -0.15) is 0 Å². The Morgan fingerprint density at radius 2 is 2.20 bits per heavy atom.